The zero-order valence-electron chi connectivity index (χ0n) is 18.3. The summed E-state index contributed by atoms with van der Waals surface area (Å²) in [5.41, 5.74) is 4.66. The molecule has 1 heterocycles. The van der Waals surface area contributed by atoms with Crippen molar-refractivity contribution in [2.45, 2.75) is 33.0 Å². The summed E-state index contributed by atoms with van der Waals surface area (Å²) < 4.78 is 11.4. The number of nitrogens with zero attached hydrogens (tertiary/aromatic N) is 2. The third-order valence-electron chi connectivity index (χ3n) is 4.92. The van der Waals surface area contributed by atoms with E-state index in [4.69, 9.17) is 9.15 Å². The Morgan fingerprint density at radius 2 is 1.67 bits per heavy atom. The normalized spacial score (nSPS) is 12.2. The van der Waals surface area contributed by atoms with E-state index in [1.54, 1.807) is 6.26 Å². The average Bonchev–Trinajstić information content (AvgIpc) is 3.19. The Morgan fingerprint density at radius 3 is 2.27 bits per heavy atom. The van der Waals surface area contributed by atoms with Gasteiger partial charge in [0.1, 0.15) is 24.2 Å². The van der Waals surface area contributed by atoms with E-state index in [-0.39, 0.29) is 6.61 Å². The predicted octanol–water partition coefficient (Wildman–Crippen LogP) is 4.40. The maximum Gasteiger partial charge on any atom is 0.119 e. The summed E-state index contributed by atoms with van der Waals surface area (Å²) in [6, 6.07) is 18.4. The molecular weight excluding hydrogens is 376 g/mol. The first-order valence-electron chi connectivity index (χ1n) is 10.3. The predicted molar refractivity (Wildman–Crippen MR) is 121 cm³/mol. The monoisotopic (exact) mass is 408 g/mol. The number of aliphatic hydroxyl groups is 1. The molecule has 0 spiro atoms. The van der Waals surface area contributed by atoms with Crippen LogP contribution in [0.2, 0.25) is 0 Å². The van der Waals surface area contributed by atoms with E-state index >= 15 is 0 Å². The van der Waals surface area contributed by atoms with Gasteiger partial charge in [0.05, 0.1) is 12.8 Å². The van der Waals surface area contributed by atoms with Crippen molar-refractivity contribution in [3.05, 3.63) is 83.3 Å². The zero-order valence-corrected chi connectivity index (χ0v) is 18.3. The molecule has 0 saturated heterocycles. The van der Waals surface area contributed by atoms with Gasteiger partial charge in [0.25, 0.3) is 0 Å². The maximum absolute atomic E-state index is 10.6. The topological polar surface area (TPSA) is 49.1 Å². The van der Waals surface area contributed by atoms with E-state index in [1.165, 1.54) is 11.3 Å². The SMILES string of the molecule is Cc1cc(C)cc(OCC(O)CN(Cc2ccc(N(C)C)cc2)Cc2ccco2)c1. The molecule has 0 radical (unpaired) electrons. The molecule has 1 N–H and O–H groups in total. The Balaban J connectivity index is 1.62. The van der Waals surface area contributed by atoms with Crippen molar-refractivity contribution in [1.29, 1.82) is 0 Å². The number of rotatable bonds is 10. The third-order valence-corrected chi connectivity index (χ3v) is 4.92. The highest BCUT2D eigenvalue weighted by atomic mass is 16.5. The molecule has 1 aromatic heterocycles. The van der Waals surface area contributed by atoms with Crippen LogP contribution in [0.25, 0.3) is 0 Å². The summed E-state index contributed by atoms with van der Waals surface area (Å²) in [6.45, 7) is 6.17. The molecule has 0 fully saturated rings. The highest BCUT2D eigenvalue weighted by Crippen LogP contribution is 2.18. The molecule has 0 aliphatic heterocycles. The molecule has 3 rings (SSSR count). The van der Waals surface area contributed by atoms with Gasteiger partial charge in [0.2, 0.25) is 0 Å². The molecule has 3 aromatic rings. The Hall–Kier alpha value is -2.76. The summed E-state index contributed by atoms with van der Waals surface area (Å²) in [4.78, 5) is 4.26. The second-order valence-electron chi connectivity index (χ2n) is 8.10. The van der Waals surface area contributed by atoms with Crippen LogP contribution < -0.4 is 9.64 Å². The number of benzene rings is 2. The van der Waals surface area contributed by atoms with Crippen molar-refractivity contribution in [2.24, 2.45) is 0 Å². The molecule has 5 heteroatoms. The summed E-state index contributed by atoms with van der Waals surface area (Å²) in [5, 5.41) is 10.6. The summed E-state index contributed by atoms with van der Waals surface area (Å²) in [5.74, 6) is 1.67. The second kappa shape index (κ2) is 10.3. The fourth-order valence-electron chi connectivity index (χ4n) is 3.53. The van der Waals surface area contributed by atoms with Crippen LogP contribution in [0.5, 0.6) is 5.75 Å². The van der Waals surface area contributed by atoms with E-state index in [1.807, 2.05) is 52.2 Å². The van der Waals surface area contributed by atoms with E-state index in [2.05, 4.69) is 40.1 Å². The number of aliphatic hydroxyl groups excluding tert-OH is 1. The van der Waals surface area contributed by atoms with E-state index in [9.17, 15) is 5.11 Å². The van der Waals surface area contributed by atoms with Crippen molar-refractivity contribution >= 4 is 5.69 Å². The van der Waals surface area contributed by atoms with Gasteiger partial charge in [-0.15, -0.1) is 0 Å². The van der Waals surface area contributed by atoms with Gasteiger partial charge in [-0.05, 0) is 66.9 Å². The molecule has 30 heavy (non-hydrogen) atoms. The first-order chi connectivity index (χ1) is 14.4. The average molecular weight is 409 g/mol. The lowest BCUT2D eigenvalue weighted by Gasteiger charge is -2.25. The molecule has 0 aliphatic rings. The Labute approximate surface area is 179 Å². The van der Waals surface area contributed by atoms with Gasteiger partial charge in [0, 0.05) is 32.9 Å². The van der Waals surface area contributed by atoms with Crippen LogP contribution in [0.4, 0.5) is 5.69 Å². The van der Waals surface area contributed by atoms with Crippen LogP contribution in [0.15, 0.2) is 65.3 Å². The van der Waals surface area contributed by atoms with Crippen LogP contribution in [0.1, 0.15) is 22.5 Å². The lowest BCUT2D eigenvalue weighted by atomic mass is 10.1. The lowest BCUT2D eigenvalue weighted by molar-refractivity contribution is 0.0604. The van der Waals surface area contributed by atoms with Crippen LogP contribution in [0.3, 0.4) is 0 Å². The number of hydrogen-bond acceptors (Lipinski definition) is 5. The Bertz CT molecular complexity index is 884. The second-order valence-corrected chi connectivity index (χ2v) is 8.10. The fraction of sp³-hybridized carbons (Fsp3) is 0.360. The van der Waals surface area contributed by atoms with Crippen molar-refractivity contribution < 1.29 is 14.3 Å². The van der Waals surface area contributed by atoms with Crippen molar-refractivity contribution in [1.82, 2.24) is 4.90 Å². The van der Waals surface area contributed by atoms with Gasteiger partial charge in [-0.3, -0.25) is 4.90 Å². The van der Waals surface area contributed by atoms with Gasteiger partial charge < -0.3 is 19.2 Å². The summed E-state index contributed by atoms with van der Waals surface area (Å²) in [7, 11) is 4.06. The van der Waals surface area contributed by atoms with E-state index in [0.717, 1.165) is 29.2 Å². The Morgan fingerprint density at radius 1 is 0.967 bits per heavy atom. The van der Waals surface area contributed by atoms with Crippen LogP contribution in [-0.2, 0) is 13.1 Å². The highest BCUT2D eigenvalue weighted by Gasteiger charge is 2.15. The molecule has 2 aromatic carbocycles. The fourth-order valence-corrected chi connectivity index (χ4v) is 3.53. The van der Waals surface area contributed by atoms with E-state index in [0.29, 0.717) is 13.1 Å². The first-order valence-corrected chi connectivity index (χ1v) is 10.3. The largest absolute Gasteiger partial charge is 0.491 e. The molecule has 160 valence electrons. The quantitative estimate of drug-likeness (QED) is 0.539. The molecular formula is C25H32N2O3. The Kier molecular flexibility index (Phi) is 7.55. The lowest BCUT2D eigenvalue weighted by Crippen LogP contribution is -2.35. The highest BCUT2D eigenvalue weighted by molar-refractivity contribution is 5.46. The van der Waals surface area contributed by atoms with Gasteiger partial charge in [-0.2, -0.15) is 0 Å². The van der Waals surface area contributed by atoms with Crippen LogP contribution in [-0.4, -0.2) is 43.4 Å². The molecule has 0 saturated carbocycles. The maximum atomic E-state index is 10.6. The number of anilines is 1. The number of hydrogen-bond donors (Lipinski definition) is 1. The van der Waals surface area contributed by atoms with Crippen molar-refractivity contribution in [3.63, 3.8) is 0 Å². The first kappa shape index (κ1) is 21.9. The number of furan rings is 1. The summed E-state index contributed by atoms with van der Waals surface area (Å²) >= 11 is 0. The molecule has 0 amide bonds. The number of aryl methyl sites for hydroxylation is 2. The van der Waals surface area contributed by atoms with Gasteiger partial charge in [-0.1, -0.05) is 18.2 Å². The third kappa shape index (κ3) is 6.65. The molecule has 0 aliphatic carbocycles. The zero-order chi connectivity index (χ0) is 21.5. The minimum atomic E-state index is -0.609. The minimum Gasteiger partial charge on any atom is -0.491 e. The van der Waals surface area contributed by atoms with Crippen LogP contribution >= 0.6 is 0 Å². The molecule has 5 nitrogen and oxygen atoms in total. The summed E-state index contributed by atoms with van der Waals surface area (Å²) in [6.07, 6.45) is 1.07. The minimum absolute atomic E-state index is 0.247. The molecule has 0 bridgehead atoms. The van der Waals surface area contributed by atoms with Gasteiger partial charge in [0.15, 0.2) is 0 Å². The van der Waals surface area contributed by atoms with Crippen molar-refractivity contribution in [2.75, 3.05) is 32.1 Å². The van der Waals surface area contributed by atoms with Crippen LogP contribution in [0, 0.1) is 13.8 Å². The smallest absolute Gasteiger partial charge is 0.119 e. The van der Waals surface area contributed by atoms with Gasteiger partial charge in [-0.25, -0.2) is 0 Å². The molecule has 1 atom stereocenters. The standard InChI is InChI=1S/C25H32N2O3/c1-19-12-20(2)14-25(13-19)30-18-23(28)16-27(17-24-6-5-11-29-24)15-21-7-9-22(10-8-21)26(3)4/h5-14,23,28H,15-18H2,1-4H3. The number of ether oxygens (including phenoxy) is 1. The van der Waals surface area contributed by atoms with E-state index < -0.39 is 6.10 Å². The van der Waals surface area contributed by atoms with Gasteiger partial charge >= 0.3 is 0 Å². The molecule has 1 unspecified atom stereocenters. The van der Waals surface area contributed by atoms with Crippen molar-refractivity contribution in [3.8, 4) is 5.75 Å².